The van der Waals surface area contributed by atoms with E-state index in [1.807, 2.05) is 6.92 Å². The maximum atomic E-state index is 12.4. The van der Waals surface area contributed by atoms with E-state index in [0.29, 0.717) is 18.4 Å². The summed E-state index contributed by atoms with van der Waals surface area (Å²) in [5, 5.41) is 7.13. The van der Waals surface area contributed by atoms with Crippen molar-refractivity contribution in [1.82, 2.24) is 20.4 Å². The van der Waals surface area contributed by atoms with Gasteiger partial charge in [-0.25, -0.2) is 0 Å². The molecule has 1 aliphatic heterocycles. The topological polar surface area (TPSA) is 71.3 Å². The SMILES string of the molecule is CCC(C)CN(CC)C(=O)c1noc(C2CCCN2)n1. The molecule has 0 radical (unpaired) electrons. The molecule has 1 aliphatic rings. The Morgan fingerprint density at radius 1 is 1.55 bits per heavy atom. The largest absolute Gasteiger partial charge is 0.337 e. The van der Waals surface area contributed by atoms with Gasteiger partial charge in [0.25, 0.3) is 11.7 Å². The van der Waals surface area contributed by atoms with Crippen molar-refractivity contribution >= 4 is 5.91 Å². The third-order valence-electron chi connectivity index (χ3n) is 3.89. The number of rotatable bonds is 6. The van der Waals surface area contributed by atoms with Crippen LogP contribution in [0.15, 0.2) is 4.52 Å². The number of nitrogens with one attached hydrogen (secondary N) is 1. The van der Waals surface area contributed by atoms with Crippen LogP contribution in [0.2, 0.25) is 0 Å². The fourth-order valence-electron chi connectivity index (χ4n) is 2.36. The molecule has 0 aromatic carbocycles. The summed E-state index contributed by atoms with van der Waals surface area (Å²) in [6.45, 7) is 8.60. The lowest BCUT2D eigenvalue weighted by atomic mass is 10.1. The number of aromatic nitrogens is 2. The molecule has 1 amide bonds. The summed E-state index contributed by atoms with van der Waals surface area (Å²) in [5.41, 5.74) is 0. The number of carbonyl (C=O) groups is 1. The molecule has 2 rings (SSSR count). The van der Waals surface area contributed by atoms with Gasteiger partial charge in [-0.1, -0.05) is 25.4 Å². The summed E-state index contributed by atoms with van der Waals surface area (Å²) in [4.78, 5) is 18.4. The number of amides is 1. The average molecular weight is 280 g/mol. The van der Waals surface area contributed by atoms with E-state index in [1.54, 1.807) is 4.90 Å². The Kier molecular flexibility index (Phi) is 5.11. The molecule has 1 N–H and O–H groups in total. The predicted octanol–water partition coefficient (Wildman–Crippen LogP) is 2.00. The highest BCUT2D eigenvalue weighted by Crippen LogP contribution is 2.21. The molecule has 0 aliphatic carbocycles. The molecule has 1 aromatic rings. The van der Waals surface area contributed by atoms with Crippen LogP contribution in [-0.2, 0) is 0 Å². The van der Waals surface area contributed by atoms with Crippen LogP contribution in [0.3, 0.4) is 0 Å². The van der Waals surface area contributed by atoms with Crippen molar-refractivity contribution < 1.29 is 9.32 Å². The Labute approximate surface area is 119 Å². The van der Waals surface area contributed by atoms with Gasteiger partial charge in [0.15, 0.2) is 0 Å². The van der Waals surface area contributed by atoms with Crippen molar-refractivity contribution in [2.75, 3.05) is 19.6 Å². The summed E-state index contributed by atoms with van der Waals surface area (Å²) in [7, 11) is 0. The molecular weight excluding hydrogens is 256 g/mol. The first-order valence-corrected chi connectivity index (χ1v) is 7.51. The van der Waals surface area contributed by atoms with Crippen LogP contribution in [0.5, 0.6) is 0 Å². The Bertz CT molecular complexity index is 440. The van der Waals surface area contributed by atoms with Crippen LogP contribution in [0.4, 0.5) is 0 Å². The summed E-state index contributed by atoms with van der Waals surface area (Å²) in [6, 6.07) is 0.105. The summed E-state index contributed by atoms with van der Waals surface area (Å²) < 4.78 is 5.22. The van der Waals surface area contributed by atoms with Crippen LogP contribution >= 0.6 is 0 Å². The molecule has 2 unspecified atom stereocenters. The lowest BCUT2D eigenvalue weighted by Gasteiger charge is -2.22. The van der Waals surface area contributed by atoms with Crippen LogP contribution in [0.25, 0.3) is 0 Å². The molecule has 112 valence electrons. The maximum Gasteiger partial charge on any atom is 0.295 e. The zero-order chi connectivity index (χ0) is 14.5. The van der Waals surface area contributed by atoms with E-state index in [1.165, 1.54) is 0 Å². The van der Waals surface area contributed by atoms with E-state index in [9.17, 15) is 4.79 Å². The maximum absolute atomic E-state index is 12.4. The molecule has 6 heteroatoms. The Morgan fingerprint density at radius 2 is 2.35 bits per heavy atom. The molecule has 0 bridgehead atoms. The molecule has 0 spiro atoms. The summed E-state index contributed by atoms with van der Waals surface area (Å²) in [6.07, 6.45) is 3.14. The molecule has 1 fully saturated rings. The average Bonchev–Trinajstić information content (AvgIpc) is 3.13. The highest BCUT2D eigenvalue weighted by atomic mass is 16.5. The Hall–Kier alpha value is -1.43. The second-order valence-electron chi connectivity index (χ2n) is 5.46. The van der Waals surface area contributed by atoms with E-state index in [-0.39, 0.29) is 17.8 Å². The highest BCUT2D eigenvalue weighted by molar-refractivity contribution is 5.90. The van der Waals surface area contributed by atoms with E-state index in [4.69, 9.17) is 4.52 Å². The first-order chi connectivity index (χ1) is 9.65. The van der Waals surface area contributed by atoms with Gasteiger partial charge in [-0.3, -0.25) is 4.79 Å². The molecular formula is C14H24N4O2. The fraction of sp³-hybridized carbons (Fsp3) is 0.786. The first kappa shape index (κ1) is 15.0. The van der Waals surface area contributed by atoms with Crippen LogP contribution in [-0.4, -0.2) is 40.6 Å². The molecule has 1 aromatic heterocycles. The first-order valence-electron chi connectivity index (χ1n) is 7.51. The van der Waals surface area contributed by atoms with Crippen molar-refractivity contribution in [3.8, 4) is 0 Å². The lowest BCUT2D eigenvalue weighted by Crippen LogP contribution is -2.35. The molecule has 20 heavy (non-hydrogen) atoms. The van der Waals surface area contributed by atoms with Crippen LogP contribution < -0.4 is 5.32 Å². The second kappa shape index (κ2) is 6.83. The van der Waals surface area contributed by atoms with Gasteiger partial charge in [-0.05, 0) is 32.2 Å². The summed E-state index contributed by atoms with van der Waals surface area (Å²) >= 11 is 0. The molecule has 1 saturated heterocycles. The molecule has 2 heterocycles. The van der Waals surface area contributed by atoms with Gasteiger partial charge in [0.1, 0.15) is 0 Å². The van der Waals surface area contributed by atoms with Gasteiger partial charge in [0, 0.05) is 13.1 Å². The van der Waals surface area contributed by atoms with Crippen LogP contribution in [0, 0.1) is 5.92 Å². The third-order valence-corrected chi connectivity index (χ3v) is 3.89. The van der Waals surface area contributed by atoms with Crippen molar-refractivity contribution in [3.05, 3.63) is 11.7 Å². The van der Waals surface area contributed by atoms with Gasteiger partial charge in [0.05, 0.1) is 6.04 Å². The number of hydrogen-bond donors (Lipinski definition) is 1. The molecule has 2 atom stereocenters. The van der Waals surface area contributed by atoms with Crippen molar-refractivity contribution in [3.63, 3.8) is 0 Å². The minimum atomic E-state index is -0.138. The van der Waals surface area contributed by atoms with E-state index >= 15 is 0 Å². The summed E-state index contributed by atoms with van der Waals surface area (Å²) in [5.74, 6) is 1.05. The van der Waals surface area contributed by atoms with Gasteiger partial charge < -0.3 is 14.7 Å². The van der Waals surface area contributed by atoms with Crippen molar-refractivity contribution in [2.45, 2.75) is 46.1 Å². The Balaban J connectivity index is 2.03. The van der Waals surface area contributed by atoms with Gasteiger partial charge in [-0.15, -0.1) is 0 Å². The predicted molar refractivity (Wildman–Crippen MR) is 75.3 cm³/mol. The lowest BCUT2D eigenvalue weighted by molar-refractivity contribution is 0.0725. The zero-order valence-electron chi connectivity index (χ0n) is 12.6. The standard InChI is InChI=1S/C14H24N4O2/c1-4-10(3)9-18(5-2)14(19)12-16-13(20-17-12)11-7-6-8-15-11/h10-11,15H,4-9H2,1-3H3. The molecule has 6 nitrogen and oxygen atoms in total. The van der Waals surface area contributed by atoms with Crippen molar-refractivity contribution in [1.29, 1.82) is 0 Å². The van der Waals surface area contributed by atoms with E-state index in [2.05, 4.69) is 29.3 Å². The van der Waals surface area contributed by atoms with Gasteiger partial charge in [-0.2, -0.15) is 4.98 Å². The Morgan fingerprint density at radius 3 is 2.95 bits per heavy atom. The second-order valence-corrected chi connectivity index (χ2v) is 5.46. The highest BCUT2D eigenvalue weighted by Gasteiger charge is 2.26. The van der Waals surface area contributed by atoms with E-state index in [0.717, 1.165) is 32.4 Å². The van der Waals surface area contributed by atoms with Gasteiger partial charge in [0.2, 0.25) is 5.89 Å². The quantitative estimate of drug-likeness (QED) is 0.863. The zero-order valence-corrected chi connectivity index (χ0v) is 12.6. The third kappa shape index (κ3) is 3.36. The number of carbonyl (C=O) groups excluding carboxylic acids is 1. The molecule has 0 saturated carbocycles. The van der Waals surface area contributed by atoms with Crippen molar-refractivity contribution in [2.24, 2.45) is 5.92 Å². The smallest absolute Gasteiger partial charge is 0.295 e. The normalized spacial score (nSPS) is 20.1. The van der Waals surface area contributed by atoms with E-state index < -0.39 is 0 Å². The monoisotopic (exact) mass is 280 g/mol. The van der Waals surface area contributed by atoms with Gasteiger partial charge >= 0.3 is 0 Å². The number of hydrogen-bond acceptors (Lipinski definition) is 5. The fourth-order valence-corrected chi connectivity index (χ4v) is 2.36. The minimum Gasteiger partial charge on any atom is -0.337 e. The van der Waals surface area contributed by atoms with Crippen LogP contribution in [0.1, 0.15) is 62.6 Å². The number of nitrogens with zero attached hydrogens (tertiary/aromatic N) is 3. The minimum absolute atomic E-state index is 0.105.